The van der Waals surface area contributed by atoms with E-state index in [1.807, 2.05) is 0 Å². The summed E-state index contributed by atoms with van der Waals surface area (Å²) >= 11 is 0. The van der Waals surface area contributed by atoms with Gasteiger partial charge < -0.3 is 10.1 Å². The SMILES string of the molecule is CCC(C)CNCc1ccc2c(c1)CCO2. The fraction of sp³-hybridized carbons (Fsp3) is 0.571. The predicted molar refractivity (Wildman–Crippen MR) is 66.8 cm³/mol. The average Bonchev–Trinajstić information content (AvgIpc) is 2.76. The Morgan fingerprint density at radius 2 is 2.31 bits per heavy atom. The van der Waals surface area contributed by atoms with E-state index < -0.39 is 0 Å². The topological polar surface area (TPSA) is 21.3 Å². The zero-order valence-corrected chi connectivity index (χ0v) is 10.3. The largest absolute Gasteiger partial charge is 0.493 e. The van der Waals surface area contributed by atoms with Crippen LogP contribution in [0, 0.1) is 5.92 Å². The van der Waals surface area contributed by atoms with Gasteiger partial charge in [0, 0.05) is 13.0 Å². The van der Waals surface area contributed by atoms with E-state index in [4.69, 9.17) is 4.74 Å². The van der Waals surface area contributed by atoms with Gasteiger partial charge in [-0.2, -0.15) is 0 Å². The Kier molecular flexibility index (Phi) is 3.83. The molecule has 1 atom stereocenters. The van der Waals surface area contributed by atoms with Crippen LogP contribution in [0.25, 0.3) is 0 Å². The Balaban J connectivity index is 1.86. The van der Waals surface area contributed by atoms with Gasteiger partial charge in [0.25, 0.3) is 0 Å². The molecule has 16 heavy (non-hydrogen) atoms. The zero-order valence-electron chi connectivity index (χ0n) is 10.3. The molecule has 1 unspecified atom stereocenters. The Morgan fingerprint density at radius 3 is 3.12 bits per heavy atom. The molecule has 0 saturated heterocycles. The van der Waals surface area contributed by atoms with Gasteiger partial charge >= 0.3 is 0 Å². The number of rotatable bonds is 5. The lowest BCUT2D eigenvalue weighted by Crippen LogP contribution is -2.20. The molecule has 88 valence electrons. The van der Waals surface area contributed by atoms with Crippen LogP contribution in [0.5, 0.6) is 5.75 Å². The van der Waals surface area contributed by atoms with Gasteiger partial charge in [-0.15, -0.1) is 0 Å². The van der Waals surface area contributed by atoms with Crippen molar-refractivity contribution in [1.82, 2.24) is 5.32 Å². The molecule has 2 nitrogen and oxygen atoms in total. The van der Waals surface area contributed by atoms with Crippen molar-refractivity contribution in [2.45, 2.75) is 33.2 Å². The van der Waals surface area contributed by atoms with Gasteiger partial charge in [0.2, 0.25) is 0 Å². The molecule has 2 rings (SSSR count). The standard InChI is InChI=1S/C14H21NO/c1-3-11(2)9-15-10-12-4-5-14-13(8-12)6-7-16-14/h4-5,8,11,15H,3,6-7,9-10H2,1-2H3. The highest BCUT2D eigenvalue weighted by Gasteiger charge is 2.11. The van der Waals surface area contributed by atoms with Gasteiger partial charge in [0.15, 0.2) is 0 Å². The molecule has 0 spiro atoms. The van der Waals surface area contributed by atoms with E-state index >= 15 is 0 Å². The summed E-state index contributed by atoms with van der Waals surface area (Å²) in [6, 6.07) is 6.53. The Morgan fingerprint density at radius 1 is 1.44 bits per heavy atom. The second kappa shape index (κ2) is 5.35. The van der Waals surface area contributed by atoms with E-state index in [-0.39, 0.29) is 0 Å². The van der Waals surface area contributed by atoms with Gasteiger partial charge in [0.05, 0.1) is 6.61 Å². The zero-order chi connectivity index (χ0) is 11.4. The quantitative estimate of drug-likeness (QED) is 0.822. The van der Waals surface area contributed by atoms with Gasteiger partial charge in [-0.05, 0) is 29.7 Å². The monoisotopic (exact) mass is 219 g/mol. The average molecular weight is 219 g/mol. The molecule has 2 heteroatoms. The highest BCUT2D eigenvalue weighted by Crippen LogP contribution is 2.25. The van der Waals surface area contributed by atoms with Crippen molar-refractivity contribution in [3.63, 3.8) is 0 Å². The molecule has 0 amide bonds. The summed E-state index contributed by atoms with van der Waals surface area (Å²) in [6.07, 6.45) is 2.31. The van der Waals surface area contributed by atoms with Gasteiger partial charge in [-0.3, -0.25) is 0 Å². The molecular weight excluding hydrogens is 198 g/mol. The number of hydrogen-bond acceptors (Lipinski definition) is 2. The van der Waals surface area contributed by atoms with E-state index in [0.29, 0.717) is 0 Å². The van der Waals surface area contributed by atoms with Crippen LogP contribution in [0.15, 0.2) is 18.2 Å². The van der Waals surface area contributed by atoms with Crippen molar-refractivity contribution >= 4 is 0 Å². The van der Waals surface area contributed by atoms with Crippen LogP contribution in [0.3, 0.4) is 0 Å². The van der Waals surface area contributed by atoms with Crippen LogP contribution in [0.1, 0.15) is 31.4 Å². The minimum absolute atomic E-state index is 0.762. The minimum Gasteiger partial charge on any atom is -0.493 e. The highest BCUT2D eigenvalue weighted by atomic mass is 16.5. The third kappa shape index (κ3) is 2.76. The summed E-state index contributed by atoms with van der Waals surface area (Å²) in [4.78, 5) is 0. The summed E-state index contributed by atoms with van der Waals surface area (Å²) < 4.78 is 5.49. The second-order valence-corrected chi connectivity index (χ2v) is 4.68. The molecule has 1 aliphatic rings. The summed E-state index contributed by atoms with van der Waals surface area (Å²) in [5.41, 5.74) is 2.73. The van der Waals surface area contributed by atoms with Crippen LogP contribution in [0.4, 0.5) is 0 Å². The molecule has 1 aliphatic heterocycles. The molecule has 0 saturated carbocycles. The first kappa shape index (κ1) is 11.5. The number of ether oxygens (including phenoxy) is 1. The van der Waals surface area contributed by atoms with Gasteiger partial charge in [-0.1, -0.05) is 32.4 Å². The highest BCUT2D eigenvalue weighted by molar-refractivity contribution is 5.39. The van der Waals surface area contributed by atoms with E-state index in [9.17, 15) is 0 Å². The number of benzene rings is 1. The number of nitrogens with one attached hydrogen (secondary N) is 1. The number of fused-ring (bicyclic) bond motifs is 1. The summed E-state index contributed by atoms with van der Waals surface area (Å²) in [5, 5.41) is 3.50. The fourth-order valence-corrected chi connectivity index (χ4v) is 1.96. The van der Waals surface area contributed by atoms with Crippen molar-refractivity contribution in [3.05, 3.63) is 29.3 Å². The van der Waals surface area contributed by atoms with Crippen LogP contribution >= 0.6 is 0 Å². The van der Waals surface area contributed by atoms with E-state index in [2.05, 4.69) is 37.4 Å². The smallest absolute Gasteiger partial charge is 0.122 e. The second-order valence-electron chi connectivity index (χ2n) is 4.68. The lowest BCUT2D eigenvalue weighted by molar-refractivity contribution is 0.357. The summed E-state index contributed by atoms with van der Waals surface area (Å²) in [7, 11) is 0. The van der Waals surface area contributed by atoms with Crippen molar-refractivity contribution in [2.24, 2.45) is 5.92 Å². The van der Waals surface area contributed by atoms with E-state index in [1.54, 1.807) is 0 Å². The number of hydrogen-bond donors (Lipinski definition) is 1. The predicted octanol–water partition coefficient (Wildman–Crippen LogP) is 2.76. The summed E-state index contributed by atoms with van der Waals surface area (Å²) in [6.45, 7) is 7.43. The van der Waals surface area contributed by atoms with Crippen molar-refractivity contribution < 1.29 is 4.74 Å². The first-order valence-corrected chi connectivity index (χ1v) is 6.25. The van der Waals surface area contributed by atoms with Crippen LogP contribution in [-0.4, -0.2) is 13.2 Å². The third-order valence-corrected chi connectivity index (χ3v) is 3.27. The summed E-state index contributed by atoms with van der Waals surface area (Å²) in [5.74, 6) is 1.84. The maximum Gasteiger partial charge on any atom is 0.122 e. The Hall–Kier alpha value is -1.02. The maximum absolute atomic E-state index is 5.49. The molecule has 0 bridgehead atoms. The lowest BCUT2D eigenvalue weighted by atomic mass is 10.1. The lowest BCUT2D eigenvalue weighted by Gasteiger charge is -2.10. The molecule has 1 aromatic carbocycles. The minimum atomic E-state index is 0.762. The van der Waals surface area contributed by atoms with E-state index in [0.717, 1.165) is 37.8 Å². The van der Waals surface area contributed by atoms with Gasteiger partial charge in [0.1, 0.15) is 5.75 Å². The normalized spacial score (nSPS) is 15.6. The van der Waals surface area contributed by atoms with Crippen molar-refractivity contribution in [1.29, 1.82) is 0 Å². The molecule has 1 heterocycles. The molecule has 0 fully saturated rings. The first-order valence-electron chi connectivity index (χ1n) is 6.25. The first-order chi connectivity index (χ1) is 7.79. The van der Waals surface area contributed by atoms with Gasteiger partial charge in [-0.25, -0.2) is 0 Å². The molecular formula is C14H21NO. The van der Waals surface area contributed by atoms with E-state index in [1.165, 1.54) is 17.5 Å². The maximum atomic E-state index is 5.49. The molecule has 0 radical (unpaired) electrons. The van der Waals surface area contributed by atoms with Crippen LogP contribution in [-0.2, 0) is 13.0 Å². The van der Waals surface area contributed by atoms with Crippen molar-refractivity contribution in [3.8, 4) is 5.75 Å². The molecule has 0 aliphatic carbocycles. The molecule has 1 aromatic rings. The third-order valence-electron chi connectivity index (χ3n) is 3.27. The van der Waals surface area contributed by atoms with Crippen LogP contribution in [0.2, 0.25) is 0 Å². The molecule has 1 N–H and O–H groups in total. The Labute approximate surface area is 98.0 Å². The van der Waals surface area contributed by atoms with Crippen LogP contribution < -0.4 is 10.1 Å². The molecule has 0 aromatic heterocycles. The van der Waals surface area contributed by atoms with Crippen molar-refractivity contribution in [2.75, 3.05) is 13.2 Å². The Bertz CT molecular complexity index is 349. The fourth-order valence-electron chi connectivity index (χ4n) is 1.96.